The standard InChI is InChI=1S/C9H17N/c1-5-7-8(6(2)10)9(7,3)4/h7-8,10H,5H2,1-4H3. The van der Waals surface area contributed by atoms with Crippen molar-refractivity contribution in [2.75, 3.05) is 0 Å². The van der Waals surface area contributed by atoms with Crippen molar-refractivity contribution in [2.24, 2.45) is 17.3 Å². The summed E-state index contributed by atoms with van der Waals surface area (Å²) in [5.41, 5.74) is 1.30. The minimum absolute atomic E-state index is 0.431. The monoisotopic (exact) mass is 139 g/mol. The SMILES string of the molecule is CCC1C(C(C)=N)C1(C)C. The van der Waals surface area contributed by atoms with Gasteiger partial charge in [0.05, 0.1) is 0 Å². The summed E-state index contributed by atoms with van der Waals surface area (Å²) in [6.45, 7) is 8.69. The van der Waals surface area contributed by atoms with Crippen LogP contribution in [-0.4, -0.2) is 5.71 Å². The van der Waals surface area contributed by atoms with Gasteiger partial charge in [0.2, 0.25) is 0 Å². The fourth-order valence-corrected chi connectivity index (χ4v) is 2.37. The molecule has 2 atom stereocenters. The molecule has 1 aliphatic rings. The van der Waals surface area contributed by atoms with E-state index in [1.165, 1.54) is 6.42 Å². The van der Waals surface area contributed by atoms with Crippen molar-refractivity contribution in [1.29, 1.82) is 5.41 Å². The van der Waals surface area contributed by atoms with Gasteiger partial charge in [0, 0.05) is 11.6 Å². The van der Waals surface area contributed by atoms with E-state index in [0.717, 1.165) is 11.6 Å². The second-order valence-corrected chi connectivity index (χ2v) is 4.00. The lowest BCUT2D eigenvalue weighted by molar-refractivity contribution is 0.544. The third-order valence-corrected chi connectivity index (χ3v) is 2.96. The van der Waals surface area contributed by atoms with E-state index in [2.05, 4.69) is 20.8 Å². The van der Waals surface area contributed by atoms with Gasteiger partial charge in [0.25, 0.3) is 0 Å². The molecule has 1 heteroatoms. The van der Waals surface area contributed by atoms with Gasteiger partial charge in [-0.15, -0.1) is 0 Å². The Morgan fingerprint density at radius 2 is 2.00 bits per heavy atom. The van der Waals surface area contributed by atoms with Crippen molar-refractivity contribution in [1.82, 2.24) is 0 Å². The van der Waals surface area contributed by atoms with Gasteiger partial charge in [-0.3, -0.25) is 0 Å². The zero-order valence-electron chi connectivity index (χ0n) is 7.36. The number of rotatable bonds is 2. The Morgan fingerprint density at radius 3 is 2.10 bits per heavy atom. The molecular weight excluding hydrogens is 122 g/mol. The van der Waals surface area contributed by atoms with Crippen LogP contribution in [0.5, 0.6) is 0 Å². The molecule has 0 aromatic heterocycles. The lowest BCUT2D eigenvalue weighted by Crippen LogP contribution is -1.98. The van der Waals surface area contributed by atoms with E-state index in [1.54, 1.807) is 0 Å². The van der Waals surface area contributed by atoms with Crippen molar-refractivity contribution in [3.05, 3.63) is 0 Å². The fraction of sp³-hybridized carbons (Fsp3) is 0.889. The molecule has 1 fully saturated rings. The summed E-state index contributed by atoms with van der Waals surface area (Å²) >= 11 is 0. The highest BCUT2D eigenvalue weighted by Crippen LogP contribution is 2.60. The van der Waals surface area contributed by atoms with Crippen molar-refractivity contribution in [2.45, 2.75) is 34.1 Å². The minimum atomic E-state index is 0.431. The maximum absolute atomic E-state index is 7.50. The molecular formula is C9H17N. The van der Waals surface area contributed by atoms with E-state index < -0.39 is 0 Å². The van der Waals surface area contributed by atoms with Crippen LogP contribution in [0.3, 0.4) is 0 Å². The Morgan fingerprint density at radius 1 is 1.50 bits per heavy atom. The maximum Gasteiger partial charge on any atom is 0.00975 e. The molecule has 1 nitrogen and oxygen atoms in total. The molecule has 0 aliphatic heterocycles. The first-order chi connectivity index (χ1) is 4.51. The summed E-state index contributed by atoms with van der Waals surface area (Å²) in [6, 6.07) is 0. The summed E-state index contributed by atoms with van der Waals surface area (Å²) < 4.78 is 0. The molecule has 1 saturated carbocycles. The van der Waals surface area contributed by atoms with Crippen molar-refractivity contribution >= 4 is 5.71 Å². The predicted molar refractivity (Wildman–Crippen MR) is 44.5 cm³/mol. The zero-order valence-corrected chi connectivity index (χ0v) is 7.36. The topological polar surface area (TPSA) is 23.9 Å². The Balaban J connectivity index is 2.61. The lowest BCUT2D eigenvalue weighted by Gasteiger charge is -1.98. The Bertz CT molecular complexity index is 158. The van der Waals surface area contributed by atoms with Crippen LogP contribution < -0.4 is 0 Å². The quantitative estimate of drug-likeness (QED) is 0.569. The van der Waals surface area contributed by atoms with E-state index in [-0.39, 0.29) is 0 Å². The van der Waals surface area contributed by atoms with E-state index in [1.807, 2.05) is 6.92 Å². The molecule has 1 N–H and O–H groups in total. The van der Waals surface area contributed by atoms with Crippen LogP contribution >= 0.6 is 0 Å². The summed E-state index contributed by atoms with van der Waals surface area (Å²) in [5, 5.41) is 7.50. The summed E-state index contributed by atoms with van der Waals surface area (Å²) in [7, 11) is 0. The molecule has 0 bridgehead atoms. The van der Waals surface area contributed by atoms with Crippen molar-refractivity contribution < 1.29 is 0 Å². The average Bonchev–Trinajstić information content (AvgIpc) is 2.33. The van der Waals surface area contributed by atoms with Gasteiger partial charge in [-0.05, 0) is 18.3 Å². The van der Waals surface area contributed by atoms with Crippen molar-refractivity contribution in [3.8, 4) is 0 Å². The molecule has 1 rings (SSSR count). The largest absolute Gasteiger partial charge is 0.310 e. The van der Waals surface area contributed by atoms with Gasteiger partial charge in [-0.2, -0.15) is 0 Å². The minimum Gasteiger partial charge on any atom is -0.310 e. The van der Waals surface area contributed by atoms with Crippen LogP contribution in [0.4, 0.5) is 0 Å². The van der Waals surface area contributed by atoms with Gasteiger partial charge < -0.3 is 5.41 Å². The Labute approximate surface area is 63.3 Å². The molecule has 10 heavy (non-hydrogen) atoms. The molecule has 0 saturated heterocycles. The smallest absolute Gasteiger partial charge is 0.00975 e. The van der Waals surface area contributed by atoms with Crippen LogP contribution in [-0.2, 0) is 0 Å². The Hall–Kier alpha value is -0.330. The first kappa shape index (κ1) is 7.77. The lowest BCUT2D eigenvalue weighted by atomic mass is 10.1. The Kier molecular flexibility index (Phi) is 1.61. The maximum atomic E-state index is 7.50. The molecule has 0 spiro atoms. The second-order valence-electron chi connectivity index (χ2n) is 4.00. The molecule has 0 aromatic rings. The van der Waals surface area contributed by atoms with Crippen LogP contribution in [0.15, 0.2) is 0 Å². The summed E-state index contributed by atoms with van der Waals surface area (Å²) in [6.07, 6.45) is 1.23. The van der Waals surface area contributed by atoms with Crippen LogP contribution in [0.1, 0.15) is 34.1 Å². The first-order valence-corrected chi connectivity index (χ1v) is 4.06. The van der Waals surface area contributed by atoms with Crippen LogP contribution in [0.2, 0.25) is 0 Å². The van der Waals surface area contributed by atoms with Crippen molar-refractivity contribution in [3.63, 3.8) is 0 Å². The predicted octanol–water partition coefficient (Wildman–Crippen LogP) is 2.71. The van der Waals surface area contributed by atoms with Gasteiger partial charge in [-0.25, -0.2) is 0 Å². The molecule has 1 aliphatic carbocycles. The third kappa shape index (κ3) is 0.882. The first-order valence-electron chi connectivity index (χ1n) is 4.06. The zero-order chi connectivity index (χ0) is 7.94. The molecule has 0 heterocycles. The van der Waals surface area contributed by atoms with Crippen LogP contribution in [0, 0.1) is 22.7 Å². The van der Waals surface area contributed by atoms with E-state index >= 15 is 0 Å². The highest BCUT2D eigenvalue weighted by atomic mass is 14.6. The van der Waals surface area contributed by atoms with Gasteiger partial charge >= 0.3 is 0 Å². The second kappa shape index (κ2) is 2.08. The van der Waals surface area contributed by atoms with Gasteiger partial charge in [-0.1, -0.05) is 27.2 Å². The molecule has 0 aromatic carbocycles. The van der Waals surface area contributed by atoms with E-state index in [9.17, 15) is 0 Å². The van der Waals surface area contributed by atoms with Gasteiger partial charge in [0.1, 0.15) is 0 Å². The molecule has 0 amide bonds. The van der Waals surface area contributed by atoms with Gasteiger partial charge in [0.15, 0.2) is 0 Å². The average molecular weight is 139 g/mol. The third-order valence-electron chi connectivity index (χ3n) is 2.96. The number of hydrogen-bond donors (Lipinski definition) is 1. The summed E-state index contributed by atoms with van der Waals surface area (Å²) in [5.74, 6) is 1.36. The number of hydrogen-bond acceptors (Lipinski definition) is 1. The van der Waals surface area contributed by atoms with Crippen LogP contribution in [0.25, 0.3) is 0 Å². The normalized spacial score (nSPS) is 35.6. The fourth-order valence-electron chi connectivity index (χ4n) is 2.37. The summed E-state index contributed by atoms with van der Waals surface area (Å²) in [4.78, 5) is 0. The van der Waals surface area contributed by atoms with E-state index in [0.29, 0.717) is 11.3 Å². The highest BCUT2D eigenvalue weighted by molar-refractivity contribution is 5.85. The molecule has 58 valence electrons. The molecule has 0 radical (unpaired) electrons. The molecule has 2 unspecified atom stereocenters. The van der Waals surface area contributed by atoms with E-state index in [4.69, 9.17) is 5.41 Å². The highest BCUT2D eigenvalue weighted by Gasteiger charge is 2.57. The number of nitrogens with one attached hydrogen (secondary N) is 1.